The second kappa shape index (κ2) is 11.3. The van der Waals surface area contributed by atoms with Crippen LogP contribution in [0.1, 0.15) is 32.4 Å². The first-order valence-electron chi connectivity index (χ1n) is 6.98. The second-order valence-corrected chi connectivity index (χ2v) is 5.75. The van der Waals surface area contributed by atoms with E-state index < -0.39 is 0 Å². The maximum absolute atomic E-state index is 9.06. The highest BCUT2D eigenvalue weighted by atomic mass is 127. The van der Waals surface area contributed by atoms with Crippen LogP contribution in [-0.4, -0.2) is 30.8 Å². The van der Waals surface area contributed by atoms with Crippen molar-refractivity contribution < 1.29 is 5.11 Å². The average Bonchev–Trinajstić information content (AvgIpc) is 2.44. The second-order valence-electron chi connectivity index (χ2n) is 4.89. The fourth-order valence-electron chi connectivity index (χ4n) is 1.73. The molecule has 21 heavy (non-hydrogen) atoms. The van der Waals surface area contributed by atoms with Gasteiger partial charge in [0, 0.05) is 24.2 Å². The first-order chi connectivity index (χ1) is 9.58. The van der Waals surface area contributed by atoms with Gasteiger partial charge in [0.05, 0.1) is 6.04 Å². The maximum Gasteiger partial charge on any atom is 0.191 e. The van der Waals surface area contributed by atoms with E-state index in [9.17, 15) is 0 Å². The number of aliphatic hydroxyl groups excluding tert-OH is 1. The normalized spacial score (nSPS) is 14.0. The predicted molar refractivity (Wildman–Crippen MR) is 103 cm³/mol. The van der Waals surface area contributed by atoms with Gasteiger partial charge in [0.25, 0.3) is 0 Å². The SMILES string of the molecule is CCNC(=NCC(C)CO)NC(C)c1ccccc1Br.I. The molecule has 2 unspecified atom stereocenters. The van der Waals surface area contributed by atoms with Gasteiger partial charge >= 0.3 is 0 Å². The number of hydrogen-bond donors (Lipinski definition) is 3. The summed E-state index contributed by atoms with van der Waals surface area (Å²) in [5.74, 6) is 0.945. The molecule has 0 aliphatic heterocycles. The molecular weight excluding hydrogens is 445 g/mol. The van der Waals surface area contributed by atoms with E-state index in [1.807, 2.05) is 32.0 Å². The van der Waals surface area contributed by atoms with Crippen LogP contribution in [0.5, 0.6) is 0 Å². The third-order valence-electron chi connectivity index (χ3n) is 2.94. The van der Waals surface area contributed by atoms with Crippen LogP contribution < -0.4 is 10.6 Å². The van der Waals surface area contributed by atoms with Gasteiger partial charge in [0.1, 0.15) is 0 Å². The van der Waals surface area contributed by atoms with Crippen LogP contribution in [0.2, 0.25) is 0 Å². The van der Waals surface area contributed by atoms with E-state index in [-0.39, 0.29) is 42.5 Å². The maximum atomic E-state index is 9.06. The third kappa shape index (κ3) is 7.46. The summed E-state index contributed by atoms with van der Waals surface area (Å²) in [4.78, 5) is 4.50. The molecule has 0 bridgehead atoms. The molecule has 0 aliphatic rings. The fraction of sp³-hybridized carbons (Fsp3) is 0.533. The van der Waals surface area contributed by atoms with Gasteiger partial charge in [-0.15, -0.1) is 24.0 Å². The van der Waals surface area contributed by atoms with Crippen molar-refractivity contribution in [3.8, 4) is 0 Å². The molecule has 3 N–H and O–H groups in total. The van der Waals surface area contributed by atoms with E-state index in [1.54, 1.807) is 0 Å². The Bertz CT molecular complexity index is 443. The number of benzene rings is 1. The summed E-state index contributed by atoms with van der Waals surface area (Å²) in [5, 5.41) is 15.7. The van der Waals surface area contributed by atoms with E-state index in [0.717, 1.165) is 17.0 Å². The minimum Gasteiger partial charge on any atom is -0.396 e. The number of rotatable bonds is 6. The first-order valence-corrected chi connectivity index (χ1v) is 7.77. The molecule has 4 nitrogen and oxygen atoms in total. The summed E-state index contributed by atoms with van der Waals surface area (Å²) in [6, 6.07) is 8.29. The van der Waals surface area contributed by atoms with E-state index in [0.29, 0.717) is 6.54 Å². The predicted octanol–water partition coefficient (Wildman–Crippen LogP) is 3.31. The molecule has 0 aliphatic carbocycles. The smallest absolute Gasteiger partial charge is 0.191 e. The van der Waals surface area contributed by atoms with E-state index in [4.69, 9.17) is 5.11 Å². The van der Waals surface area contributed by atoms with E-state index in [1.165, 1.54) is 5.56 Å². The summed E-state index contributed by atoms with van der Waals surface area (Å²) in [7, 11) is 0. The zero-order valence-electron chi connectivity index (χ0n) is 12.8. The van der Waals surface area contributed by atoms with Crippen molar-refractivity contribution in [2.45, 2.75) is 26.8 Å². The Morgan fingerprint density at radius 1 is 1.33 bits per heavy atom. The van der Waals surface area contributed by atoms with Gasteiger partial charge in [-0.1, -0.05) is 41.1 Å². The quantitative estimate of drug-likeness (QED) is 0.340. The Labute approximate surface area is 153 Å². The summed E-state index contributed by atoms with van der Waals surface area (Å²) in [6.07, 6.45) is 0. The van der Waals surface area contributed by atoms with Gasteiger partial charge in [-0.3, -0.25) is 4.99 Å². The lowest BCUT2D eigenvalue weighted by molar-refractivity contribution is 0.241. The summed E-state index contributed by atoms with van der Waals surface area (Å²) < 4.78 is 1.08. The molecule has 6 heteroatoms. The van der Waals surface area contributed by atoms with Gasteiger partial charge < -0.3 is 15.7 Å². The van der Waals surface area contributed by atoms with Crippen molar-refractivity contribution in [1.29, 1.82) is 0 Å². The number of halogens is 2. The first kappa shape index (κ1) is 20.7. The zero-order chi connectivity index (χ0) is 15.0. The summed E-state index contributed by atoms with van der Waals surface area (Å²) in [5.41, 5.74) is 1.19. The number of nitrogens with zero attached hydrogens (tertiary/aromatic N) is 1. The number of nitrogens with one attached hydrogen (secondary N) is 2. The monoisotopic (exact) mass is 469 g/mol. The van der Waals surface area contributed by atoms with Gasteiger partial charge in [-0.25, -0.2) is 0 Å². The molecule has 1 aromatic rings. The van der Waals surface area contributed by atoms with Crippen LogP contribution in [0.25, 0.3) is 0 Å². The lowest BCUT2D eigenvalue weighted by Gasteiger charge is -2.19. The fourth-order valence-corrected chi connectivity index (χ4v) is 2.36. The molecule has 1 aromatic carbocycles. The lowest BCUT2D eigenvalue weighted by atomic mass is 10.1. The molecule has 0 amide bonds. The van der Waals surface area contributed by atoms with Crippen molar-refractivity contribution in [2.24, 2.45) is 10.9 Å². The number of aliphatic hydroxyl groups is 1. The Kier molecular flexibility index (Phi) is 11.1. The molecular formula is C15H25BrIN3O. The van der Waals surface area contributed by atoms with Crippen LogP contribution in [0.3, 0.4) is 0 Å². The van der Waals surface area contributed by atoms with E-state index in [2.05, 4.69) is 44.5 Å². The van der Waals surface area contributed by atoms with Crippen LogP contribution in [0.4, 0.5) is 0 Å². The Hall–Kier alpha value is -0.340. The highest BCUT2D eigenvalue weighted by Gasteiger charge is 2.10. The minimum absolute atomic E-state index is 0. The van der Waals surface area contributed by atoms with Crippen molar-refractivity contribution in [1.82, 2.24) is 10.6 Å². The van der Waals surface area contributed by atoms with Gasteiger partial charge in [0.15, 0.2) is 5.96 Å². The van der Waals surface area contributed by atoms with E-state index >= 15 is 0 Å². The number of aliphatic imine (C=N–C) groups is 1. The lowest BCUT2D eigenvalue weighted by Crippen LogP contribution is -2.39. The molecule has 0 aromatic heterocycles. The summed E-state index contributed by atoms with van der Waals surface area (Å²) >= 11 is 3.57. The standard InChI is InChI=1S/C15H24BrN3O.HI/c1-4-17-15(18-9-11(2)10-20)19-12(3)13-7-5-6-8-14(13)16;/h5-8,11-12,20H,4,9-10H2,1-3H3,(H2,17,18,19);1H. The Morgan fingerprint density at radius 3 is 2.57 bits per heavy atom. The van der Waals surface area contributed by atoms with Gasteiger partial charge in [-0.05, 0) is 31.4 Å². The van der Waals surface area contributed by atoms with Crippen molar-refractivity contribution in [3.63, 3.8) is 0 Å². The highest BCUT2D eigenvalue weighted by molar-refractivity contribution is 14.0. The topological polar surface area (TPSA) is 56.7 Å². The molecule has 1 rings (SSSR count). The third-order valence-corrected chi connectivity index (χ3v) is 3.66. The molecule has 0 saturated carbocycles. The Balaban J connectivity index is 0.00000400. The molecule has 2 atom stereocenters. The van der Waals surface area contributed by atoms with Crippen LogP contribution in [0, 0.1) is 5.92 Å². The van der Waals surface area contributed by atoms with Gasteiger partial charge in [-0.2, -0.15) is 0 Å². The van der Waals surface area contributed by atoms with Crippen molar-refractivity contribution >= 4 is 45.9 Å². The van der Waals surface area contributed by atoms with Crippen molar-refractivity contribution in [3.05, 3.63) is 34.3 Å². The molecule has 0 heterocycles. The molecule has 0 radical (unpaired) electrons. The number of guanidine groups is 1. The number of hydrogen-bond acceptors (Lipinski definition) is 2. The zero-order valence-corrected chi connectivity index (χ0v) is 16.7. The van der Waals surface area contributed by atoms with Crippen LogP contribution >= 0.6 is 39.9 Å². The highest BCUT2D eigenvalue weighted by Crippen LogP contribution is 2.22. The van der Waals surface area contributed by atoms with Gasteiger partial charge in [0.2, 0.25) is 0 Å². The molecule has 0 saturated heterocycles. The minimum atomic E-state index is 0. The Morgan fingerprint density at radius 2 is 2.00 bits per heavy atom. The molecule has 0 fully saturated rings. The molecule has 120 valence electrons. The van der Waals surface area contributed by atoms with Crippen molar-refractivity contribution in [2.75, 3.05) is 19.7 Å². The average molecular weight is 470 g/mol. The summed E-state index contributed by atoms with van der Waals surface area (Å²) in [6.45, 7) is 7.68. The van der Waals surface area contributed by atoms with Crippen LogP contribution in [-0.2, 0) is 0 Å². The van der Waals surface area contributed by atoms with Crippen LogP contribution in [0.15, 0.2) is 33.7 Å². The molecule has 0 spiro atoms. The largest absolute Gasteiger partial charge is 0.396 e.